The first kappa shape index (κ1) is 35.4. The van der Waals surface area contributed by atoms with Crippen molar-refractivity contribution in [2.75, 3.05) is 16.1 Å². The van der Waals surface area contributed by atoms with Gasteiger partial charge in [0.05, 0.1) is 16.9 Å². The Morgan fingerprint density at radius 3 is 1.33 bits per heavy atom. The van der Waals surface area contributed by atoms with Crippen LogP contribution in [0.5, 0.6) is 0 Å². The quantitative estimate of drug-likeness (QED) is 0.118. The number of thioether (sulfide) groups is 1. The number of carbonyl (C=O) groups excluding carboxylic acids is 4. The SMILES string of the molecule is CSc1ccccc1-c1cc2c3c(ccc4c3c1C(=O)N(c1c(C(C)C)cccc1C(C)C)C4=O)C(=O)N(c1c(C(C)C)cccc1C(C)C)C2=O. The molecule has 7 heteroatoms. The van der Waals surface area contributed by atoms with Crippen LogP contribution >= 0.6 is 11.8 Å². The van der Waals surface area contributed by atoms with Crippen LogP contribution in [-0.4, -0.2) is 29.9 Å². The van der Waals surface area contributed by atoms with E-state index < -0.39 is 23.6 Å². The van der Waals surface area contributed by atoms with Crippen LogP contribution in [0.2, 0.25) is 0 Å². The Balaban J connectivity index is 1.59. The molecule has 0 fully saturated rings. The second-order valence-electron chi connectivity index (χ2n) is 15.0. The summed E-state index contributed by atoms with van der Waals surface area (Å²) in [6.07, 6.45) is 1.98. The summed E-state index contributed by atoms with van der Waals surface area (Å²) in [5.41, 5.74) is 7.39. The van der Waals surface area contributed by atoms with Gasteiger partial charge in [-0.1, -0.05) is 110 Å². The van der Waals surface area contributed by atoms with Gasteiger partial charge in [-0.05, 0) is 87.6 Å². The Morgan fingerprint density at radius 1 is 0.442 bits per heavy atom. The third-order valence-electron chi connectivity index (χ3n) is 10.5. The van der Waals surface area contributed by atoms with Crippen LogP contribution in [-0.2, 0) is 0 Å². The molecule has 0 aliphatic carbocycles. The number of benzene rings is 5. The largest absolute Gasteiger partial charge is 0.268 e. The van der Waals surface area contributed by atoms with Crippen LogP contribution in [0.1, 0.15) is 143 Å². The second kappa shape index (κ2) is 13.2. The molecule has 5 aromatic carbocycles. The van der Waals surface area contributed by atoms with E-state index in [-0.39, 0.29) is 23.7 Å². The monoisotopic (exact) mass is 708 g/mol. The van der Waals surface area contributed by atoms with Crippen molar-refractivity contribution in [3.05, 3.63) is 123 Å². The molecule has 2 heterocycles. The molecule has 0 saturated carbocycles. The molecule has 0 atom stereocenters. The zero-order valence-corrected chi connectivity index (χ0v) is 32.1. The van der Waals surface area contributed by atoms with Gasteiger partial charge in [0.2, 0.25) is 0 Å². The lowest BCUT2D eigenvalue weighted by molar-refractivity contribution is 0.0872. The molecule has 0 unspecified atom stereocenters. The number of para-hydroxylation sites is 2. The van der Waals surface area contributed by atoms with Gasteiger partial charge >= 0.3 is 0 Å². The van der Waals surface area contributed by atoms with Crippen molar-refractivity contribution in [2.45, 2.75) is 84.0 Å². The fourth-order valence-corrected chi connectivity index (χ4v) is 8.61. The van der Waals surface area contributed by atoms with Crippen LogP contribution < -0.4 is 9.80 Å². The summed E-state index contributed by atoms with van der Waals surface area (Å²) in [7, 11) is 0. The Labute approximate surface area is 310 Å². The predicted octanol–water partition coefficient (Wildman–Crippen LogP) is 11.3. The molecule has 0 N–H and O–H groups in total. The van der Waals surface area contributed by atoms with Crippen molar-refractivity contribution >= 4 is 57.5 Å². The predicted molar refractivity (Wildman–Crippen MR) is 213 cm³/mol. The number of imide groups is 2. The maximum Gasteiger partial charge on any atom is 0.266 e. The highest BCUT2D eigenvalue weighted by Gasteiger charge is 2.44. The lowest BCUT2D eigenvalue weighted by atomic mass is 9.80. The molecule has 6 nitrogen and oxygen atoms in total. The number of carbonyl (C=O) groups is 4. The van der Waals surface area contributed by atoms with Crippen LogP contribution in [0, 0.1) is 0 Å². The van der Waals surface area contributed by atoms with E-state index in [1.165, 1.54) is 9.80 Å². The first-order valence-electron chi connectivity index (χ1n) is 18.1. The first-order chi connectivity index (χ1) is 24.8. The molecule has 7 rings (SSSR count). The highest BCUT2D eigenvalue weighted by Crippen LogP contribution is 2.48. The van der Waals surface area contributed by atoms with Gasteiger partial charge in [-0.2, -0.15) is 0 Å². The molecule has 0 bridgehead atoms. The van der Waals surface area contributed by atoms with E-state index in [4.69, 9.17) is 0 Å². The van der Waals surface area contributed by atoms with Gasteiger partial charge in [-0.15, -0.1) is 11.8 Å². The smallest absolute Gasteiger partial charge is 0.266 e. The maximum atomic E-state index is 15.3. The van der Waals surface area contributed by atoms with Gasteiger partial charge in [0.25, 0.3) is 23.6 Å². The molecule has 0 radical (unpaired) electrons. The zero-order valence-electron chi connectivity index (χ0n) is 31.3. The van der Waals surface area contributed by atoms with E-state index in [9.17, 15) is 9.59 Å². The average Bonchev–Trinajstić information content (AvgIpc) is 3.12. The second-order valence-corrected chi connectivity index (χ2v) is 15.9. The summed E-state index contributed by atoms with van der Waals surface area (Å²) in [5, 5.41) is 0.725. The first-order valence-corrected chi connectivity index (χ1v) is 19.3. The molecule has 2 aliphatic rings. The molecule has 0 aromatic heterocycles. The Hall–Kier alpha value is -5.01. The van der Waals surface area contributed by atoms with Crippen molar-refractivity contribution in [2.24, 2.45) is 0 Å². The van der Waals surface area contributed by atoms with Gasteiger partial charge in [0, 0.05) is 32.4 Å². The van der Waals surface area contributed by atoms with Gasteiger partial charge < -0.3 is 0 Å². The number of anilines is 2. The number of hydrogen-bond acceptors (Lipinski definition) is 5. The third-order valence-corrected chi connectivity index (χ3v) is 11.3. The fraction of sp³-hybridized carbons (Fsp3) is 0.289. The minimum Gasteiger partial charge on any atom is -0.268 e. The molecule has 0 saturated heterocycles. The number of hydrogen-bond donors (Lipinski definition) is 0. The van der Waals surface area contributed by atoms with E-state index >= 15 is 9.59 Å². The Kier molecular flexibility index (Phi) is 8.98. The minimum absolute atomic E-state index is 0.0356. The fourth-order valence-electron chi connectivity index (χ4n) is 8.00. The summed E-state index contributed by atoms with van der Waals surface area (Å²) in [6, 6.07) is 24.8. The molecule has 2 aliphatic heterocycles. The van der Waals surface area contributed by atoms with Crippen molar-refractivity contribution < 1.29 is 19.2 Å². The minimum atomic E-state index is -0.464. The molecule has 4 amide bonds. The van der Waals surface area contributed by atoms with E-state index in [2.05, 4.69) is 55.4 Å². The highest BCUT2D eigenvalue weighted by atomic mass is 32.2. The number of amides is 4. The van der Waals surface area contributed by atoms with E-state index in [0.29, 0.717) is 50.0 Å². The summed E-state index contributed by atoms with van der Waals surface area (Å²) < 4.78 is 0. The van der Waals surface area contributed by atoms with Gasteiger partial charge in [0.15, 0.2) is 0 Å². The Bertz CT molecular complexity index is 2300. The van der Waals surface area contributed by atoms with Crippen molar-refractivity contribution in [3.63, 3.8) is 0 Å². The van der Waals surface area contributed by atoms with Crippen molar-refractivity contribution in [3.8, 4) is 11.1 Å². The average molecular weight is 709 g/mol. The van der Waals surface area contributed by atoms with Gasteiger partial charge in [-0.3, -0.25) is 19.2 Å². The molecular weight excluding hydrogens is 665 g/mol. The lowest BCUT2D eigenvalue weighted by Gasteiger charge is -2.36. The summed E-state index contributed by atoms with van der Waals surface area (Å²) in [4.78, 5) is 63.6. The van der Waals surface area contributed by atoms with E-state index in [1.807, 2.05) is 66.9 Å². The highest BCUT2D eigenvalue weighted by molar-refractivity contribution is 7.98. The molecular formula is C45H44N2O4S. The molecule has 52 heavy (non-hydrogen) atoms. The standard InChI is InChI=1S/C45H44N2O4S/c1-23(2)27-15-12-16-28(24(3)4)40(27)46-42(48)32-20-21-33-38-37(32)35(44(46)50)22-34(31-14-10-11-19-36(31)52-9)39(38)45(51)47(43(33)49)41-29(25(5)6)17-13-18-30(41)26(7)8/h10-26H,1-9H3. The van der Waals surface area contributed by atoms with Crippen LogP contribution in [0.4, 0.5) is 11.4 Å². The van der Waals surface area contributed by atoms with Crippen molar-refractivity contribution in [1.29, 1.82) is 0 Å². The maximum absolute atomic E-state index is 15.3. The van der Waals surface area contributed by atoms with Crippen LogP contribution in [0.3, 0.4) is 0 Å². The summed E-state index contributed by atoms with van der Waals surface area (Å²) in [5.74, 6) is -1.69. The van der Waals surface area contributed by atoms with Gasteiger partial charge in [-0.25, -0.2) is 9.80 Å². The lowest BCUT2D eigenvalue weighted by Crippen LogP contribution is -2.45. The topological polar surface area (TPSA) is 74.8 Å². The van der Waals surface area contributed by atoms with Crippen LogP contribution in [0.15, 0.2) is 83.8 Å². The number of rotatable bonds is 8. The molecule has 264 valence electrons. The van der Waals surface area contributed by atoms with Crippen molar-refractivity contribution in [1.82, 2.24) is 0 Å². The molecule has 0 spiro atoms. The summed E-state index contributed by atoms with van der Waals surface area (Å²) >= 11 is 1.55. The summed E-state index contributed by atoms with van der Waals surface area (Å²) in [6.45, 7) is 16.5. The van der Waals surface area contributed by atoms with E-state index in [1.54, 1.807) is 30.0 Å². The van der Waals surface area contributed by atoms with Gasteiger partial charge in [0.1, 0.15) is 0 Å². The number of nitrogens with zero attached hydrogens (tertiary/aromatic N) is 2. The van der Waals surface area contributed by atoms with E-state index in [0.717, 1.165) is 32.7 Å². The van der Waals surface area contributed by atoms with Crippen LogP contribution in [0.25, 0.3) is 21.9 Å². The zero-order chi connectivity index (χ0) is 37.3. The molecule has 5 aromatic rings. The third kappa shape index (κ3) is 5.23. The Morgan fingerprint density at radius 2 is 0.865 bits per heavy atom. The normalized spacial score (nSPS) is 14.3.